The quantitative estimate of drug-likeness (QED) is 0.644. The van der Waals surface area contributed by atoms with E-state index in [4.69, 9.17) is 15.6 Å². The minimum atomic E-state index is -1.25. The van der Waals surface area contributed by atoms with Crippen LogP contribution in [0.2, 0.25) is 0 Å². The number of hydrogen-bond donors (Lipinski definition) is 3. The van der Waals surface area contributed by atoms with Gasteiger partial charge in [-0.3, -0.25) is 14.9 Å². The second-order valence-electron chi connectivity index (χ2n) is 6.81. The van der Waals surface area contributed by atoms with Crippen LogP contribution in [0.25, 0.3) is 10.6 Å². The minimum Gasteiger partial charge on any atom is -0.480 e. The Morgan fingerprint density at radius 3 is 2.44 bits per heavy atom. The lowest BCUT2D eigenvalue weighted by atomic mass is 10.1. The Bertz CT molecular complexity index is 839. The van der Waals surface area contributed by atoms with E-state index in [1.54, 1.807) is 50.4 Å². The first kappa shape index (κ1) is 20.5. The number of carboxylic acids is 1. The SMILES string of the molecule is CC(C)(C)OC(=O)Nc1ccc(-c2nc(C(=O)C[C@@H](N)C(=O)O)cs2)cc1. The lowest BCUT2D eigenvalue weighted by molar-refractivity contribution is -0.138. The van der Waals surface area contributed by atoms with E-state index in [9.17, 15) is 14.4 Å². The van der Waals surface area contributed by atoms with Gasteiger partial charge in [0.25, 0.3) is 0 Å². The maximum Gasteiger partial charge on any atom is 0.412 e. The molecule has 1 aromatic heterocycles. The van der Waals surface area contributed by atoms with Crippen LogP contribution in [0.4, 0.5) is 10.5 Å². The summed E-state index contributed by atoms with van der Waals surface area (Å²) in [6, 6.07) is 5.65. The number of aromatic nitrogens is 1. The van der Waals surface area contributed by atoms with Gasteiger partial charge in [0.2, 0.25) is 0 Å². The highest BCUT2D eigenvalue weighted by Gasteiger charge is 2.20. The average Bonchev–Trinajstić information content (AvgIpc) is 3.03. The summed E-state index contributed by atoms with van der Waals surface area (Å²) >= 11 is 1.26. The Morgan fingerprint density at radius 2 is 1.89 bits per heavy atom. The summed E-state index contributed by atoms with van der Waals surface area (Å²) in [4.78, 5) is 38.8. The summed E-state index contributed by atoms with van der Waals surface area (Å²) in [5, 5.41) is 13.6. The molecule has 0 unspecified atom stereocenters. The number of nitrogens with two attached hydrogens (primary N) is 1. The predicted molar refractivity (Wildman–Crippen MR) is 102 cm³/mol. The fourth-order valence-electron chi connectivity index (χ4n) is 2.04. The molecular formula is C18H21N3O5S. The van der Waals surface area contributed by atoms with Gasteiger partial charge in [-0.1, -0.05) is 0 Å². The molecule has 27 heavy (non-hydrogen) atoms. The van der Waals surface area contributed by atoms with Crippen molar-refractivity contribution >= 4 is 34.9 Å². The van der Waals surface area contributed by atoms with Gasteiger partial charge in [0.15, 0.2) is 5.78 Å². The molecular weight excluding hydrogens is 370 g/mol. The number of nitrogens with one attached hydrogen (secondary N) is 1. The number of anilines is 1. The van der Waals surface area contributed by atoms with Crippen LogP contribution >= 0.6 is 11.3 Å². The van der Waals surface area contributed by atoms with Crippen molar-refractivity contribution in [3.63, 3.8) is 0 Å². The zero-order chi connectivity index (χ0) is 20.2. The van der Waals surface area contributed by atoms with Gasteiger partial charge in [-0.2, -0.15) is 0 Å². The molecule has 1 heterocycles. The van der Waals surface area contributed by atoms with Crippen molar-refractivity contribution in [1.29, 1.82) is 0 Å². The molecule has 0 fully saturated rings. The number of hydrogen-bond acceptors (Lipinski definition) is 7. The molecule has 4 N–H and O–H groups in total. The number of benzene rings is 1. The molecule has 0 spiro atoms. The molecule has 0 saturated heterocycles. The number of nitrogens with zero attached hydrogens (tertiary/aromatic N) is 1. The molecule has 9 heteroatoms. The number of thiazole rings is 1. The van der Waals surface area contributed by atoms with Crippen LogP contribution in [0, 0.1) is 0 Å². The maximum atomic E-state index is 12.0. The number of amides is 1. The van der Waals surface area contributed by atoms with Crippen molar-refractivity contribution in [2.45, 2.75) is 38.8 Å². The normalized spacial score (nSPS) is 12.3. The molecule has 1 aromatic carbocycles. The van der Waals surface area contributed by atoms with Crippen LogP contribution in [-0.2, 0) is 9.53 Å². The van der Waals surface area contributed by atoms with Crippen LogP contribution in [0.15, 0.2) is 29.6 Å². The van der Waals surface area contributed by atoms with Crippen LogP contribution in [0.1, 0.15) is 37.7 Å². The van der Waals surface area contributed by atoms with E-state index in [-0.39, 0.29) is 12.1 Å². The van der Waals surface area contributed by atoms with Gasteiger partial charge in [-0.15, -0.1) is 11.3 Å². The van der Waals surface area contributed by atoms with Gasteiger partial charge in [0, 0.05) is 23.1 Å². The average molecular weight is 391 g/mol. The number of ether oxygens (including phenoxy) is 1. The topological polar surface area (TPSA) is 132 Å². The van der Waals surface area contributed by atoms with Crippen molar-refractivity contribution in [1.82, 2.24) is 4.98 Å². The second kappa shape index (κ2) is 8.28. The van der Waals surface area contributed by atoms with E-state index in [1.165, 1.54) is 11.3 Å². The third kappa shape index (κ3) is 6.15. The maximum absolute atomic E-state index is 12.0. The fraction of sp³-hybridized carbons (Fsp3) is 0.333. The molecule has 0 aliphatic carbocycles. The molecule has 2 rings (SSSR count). The van der Waals surface area contributed by atoms with Gasteiger partial charge >= 0.3 is 12.1 Å². The van der Waals surface area contributed by atoms with E-state index in [1.807, 2.05) is 0 Å². The first-order valence-corrected chi connectivity index (χ1v) is 9.00. The third-order valence-corrected chi connectivity index (χ3v) is 4.18. The molecule has 1 amide bonds. The van der Waals surface area contributed by atoms with Crippen molar-refractivity contribution < 1.29 is 24.2 Å². The minimum absolute atomic E-state index is 0.183. The number of aliphatic carboxylic acids is 1. The number of carbonyl (C=O) groups excluding carboxylic acids is 2. The fourth-order valence-corrected chi connectivity index (χ4v) is 2.87. The predicted octanol–water partition coefficient (Wildman–Crippen LogP) is 3.14. The zero-order valence-corrected chi connectivity index (χ0v) is 16.0. The van der Waals surface area contributed by atoms with Gasteiger partial charge in [-0.25, -0.2) is 9.78 Å². The monoisotopic (exact) mass is 391 g/mol. The number of Topliss-reactive ketones (excluding diaryl/α,β-unsaturated/α-hetero) is 1. The standard InChI is InChI=1S/C18H21N3O5S/c1-18(2,3)26-17(25)20-11-6-4-10(5-7-11)15-21-13(9-27-15)14(22)8-12(19)16(23)24/h4-7,9,12H,8,19H2,1-3H3,(H,20,25)(H,23,24)/t12-/m1/s1. The van der Waals surface area contributed by atoms with Gasteiger partial charge in [0.05, 0.1) is 0 Å². The summed E-state index contributed by atoms with van der Waals surface area (Å²) in [6.07, 6.45) is -0.857. The van der Waals surface area contributed by atoms with Gasteiger partial charge < -0.3 is 15.6 Å². The molecule has 0 bridgehead atoms. The van der Waals surface area contributed by atoms with Crippen LogP contribution in [0.3, 0.4) is 0 Å². The van der Waals surface area contributed by atoms with Crippen molar-refractivity contribution in [2.75, 3.05) is 5.32 Å². The highest BCUT2D eigenvalue weighted by atomic mass is 32.1. The van der Waals surface area contributed by atoms with Gasteiger partial charge in [-0.05, 0) is 45.0 Å². The summed E-state index contributed by atoms with van der Waals surface area (Å²) in [5.41, 5.74) is 6.30. The molecule has 2 aromatic rings. The molecule has 144 valence electrons. The first-order valence-electron chi connectivity index (χ1n) is 8.13. The van der Waals surface area contributed by atoms with E-state index < -0.39 is 29.5 Å². The Balaban J connectivity index is 2.03. The first-order chi connectivity index (χ1) is 12.5. The largest absolute Gasteiger partial charge is 0.480 e. The lowest BCUT2D eigenvalue weighted by Crippen LogP contribution is -2.32. The summed E-state index contributed by atoms with van der Waals surface area (Å²) < 4.78 is 5.18. The van der Waals surface area contributed by atoms with E-state index in [0.717, 1.165) is 5.56 Å². The van der Waals surface area contributed by atoms with Crippen molar-refractivity contribution in [2.24, 2.45) is 5.73 Å². The summed E-state index contributed by atoms with van der Waals surface area (Å²) in [7, 11) is 0. The molecule has 0 aliphatic rings. The van der Waals surface area contributed by atoms with Crippen molar-refractivity contribution in [3.8, 4) is 10.6 Å². The van der Waals surface area contributed by atoms with Crippen LogP contribution in [-0.4, -0.2) is 39.6 Å². The number of ketones is 1. The third-order valence-electron chi connectivity index (χ3n) is 3.29. The Kier molecular flexibility index (Phi) is 6.29. The van der Waals surface area contributed by atoms with E-state index >= 15 is 0 Å². The zero-order valence-electron chi connectivity index (χ0n) is 15.2. The smallest absolute Gasteiger partial charge is 0.412 e. The molecule has 0 saturated carbocycles. The number of carboxylic acid groups (broad SMARTS) is 1. The summed E-state index contributed by atoms with van der Waals surface area (Å²) in [5.74, 6) is -1.65. The highest BCUT2D eigenvalue weighted by Crippen LogP contribution is 2.26. The van der Waals surface area contributed by atoms with E-state index in [0.29, 0.717) is 10.7 Å². The van der Waals surface area contributed by atoms with Crippen LogP contribution < -0.4 is 11.1 Å². The van der Waals surface area contributed by atoms with E-state index in [2.05, 4.69) is 10.3 Å². The Labute approximate surface area is 160 Å². The van der Waals surface area contributed by atoms with Crippen molar-refractivity contribution in [3.05, 3.63) is 35.3 Å². The summed E-state index contributed by atoms with van der Waals surface area (Å²) in [6.45, 7) is 5.33. The Hall–Kier alpha value is -2.78. The second-order valence-corrected chi connectivity index (χ2v) is 7.67. The lowest BCUT2D eigenvalue weighted by Gasteiger charge is -2.19. The number of rotatable bonds is 6. The highest BCUT2D eigenvalue weighted by molar-refractivity contribution is 7.13. The Morgan fingerprint density at radius 1 is 1.26 bits per heavy atom. The molecule has 0 radical (unpaired) electrons. The van der Waals surface area contributed by atoms with Gasteiger partial charge in [0.1, 0.15) is 22.3 Å². The number of carbonyl (C=O) groups is 3. The molecule has 1 atom stereocenters. The van der Waals surface area contributed by atoms with Crippen LogP contribution in [0.5, 0.6) is 0 Å². The molecule has 8 nitrogen and oxygen atoms in total. The molecule has 0 aliphatic heterocycles.